The number of fused-ring (bicyclic) bond motifs is 1. The molecule has 2 aliphatic rings. The number of esters is 1. The van der Waals surface area contributed by atoms with Crippen LogP contribution in [-0.4, -0.2) is 33.4 Å². The Kier molecular flexibility index (Phi) is 11.0. The molecule has 1 N–H and O–H groups in total. The summed E-state index contributed by atoms with van der Waals surface area (Å²) in [5.74, 6) is 1.87. The molecule has 4 aromatic rings. The zero-order valence-corrected chi connectivity index (χ0v) is 30.0. The number of rotatable bonds is 11. The van der Waals surface area contributed by atoms with Crippen LogP contribution in [0, 0.1) is 0 Å². The van der Waals surface area contributed by atoms with Crippen molar-refractivity contribution < 1.29 is 19.0 Å². The van der Waals surface area contributed by atoms with E-state index in [2.05, 4.69) is 33.4 Å². The smallest absolute Gasteiger partial charge is 0.338 e. The molecule has 8 nitrogen and oxygen atoms in total. The van der Waals surface area contributed by atoms with Gasteiger partial charge in [-0.05, 0) is 90.9 Å². The van der Waals surface area contributed by atoms with E-state index in [1.807, 2.05) is 44.2 Å². The number of benzene rings is 3. The summed E-state index contributed by atoms with van der Waals surface area (Å²) < 4.78 is 20.9. The van der Waals surface area contributed by atoms with E-state index in [0.29, 0.717) is 66.3 Å². The first-order chi connectivity index (χ1) is 22.8. The molecule has 12 heteroatoms. The maximum Gasteiger partial charge on any atom is 0.338 e. The normalized spacial score (nSPS) is 16.4. The largest absolute Gasteiger partial charge is 0.490 e. The number of carbonyl (C=O) groups excluding carboxylic acids is 1. The first-order valence-corrected chi connectivity index (χ1v) is 18.2. The Morgan fingerprint density at radius 1 is 1.04 bits per heavy atom. The molecule has 3 aromatic carbocycles. The summed E-state index contributed by atoms with van der Waals surface area (Å²) in [6.07, 6.45) is 4.90. The number of carbonyl (C=O) groups is 1. The number of hydrogen-bond donors (Lipinski definition) is 1. The van der Waals surface area contributed by atoms with Crippen LogP contribution in [-0.2, 0) is 21.9 Å². The number of halogens is 3. The molecule has 0 saturated heterocycles. The highest BCUT2D eigenvalue weighted by Crippen LogP contribution is 2.44. The molecule has 0 spiro atoms. The second-order valence-corrected chi connectivity index (χ2v) is 14.0. The third kappa shape index (κ3) is 7.77. The molecule has 0 radical (unpaired) electrons. The summed E-state index contributed by atoms with van der Waals surface area (Å²) in [4.78, 5) is 18.8. The van der Waals surface area contributed by atoms with Crippen LogP contribution in [0.25, 0.3) is 0 Å². The average molecular weight is 759 g/mol. The second kappa shape index (κ2) is 15.4. The minimum Gasteiger partial charge on any atom is -0.490 e. The average Bonchev–Trinajstić information content (AvgIpc) is 3.47. The molecular weight excluding hydrogens is 723 g/mol. The Labute approximate surface area is 297 Å². The van der Waals surface area contributed by atoms with Gasteiger partial charge < -0.3 is 19.5 Å². The monoisotopic (exact) mass is 756 g/mol. The van der Waals surface area contributed by atoms with Gasteiger partial charge in [-0.25, -0.2) is 9.48 Å². The van der Waals surface area contributed by atoms with Crippen molar-refractivity contribution >= 4 is 62.8 Å². The maximum absolute atomic E-state index is 14.0. The van der Waals surface area contributed by atoms with E-state index >= 15 is 0 Å². The topological polar surface area (TPSA) is 87.5 Å². The lowest BCUT2D eigenvalue weighted by atomic mass is 9.94. The van der Waals surface area contributed by atoms with Crippen LogP contribution < -0.4 is 14.8 Å². The molecule has 1 atom stereocenters. The molecule has 1 aliphatic carbocycles. The SMILES string of the molecule is CCOc1cc(C2C(C(=O)OC3CCCCC3)=C(C)Nc3nc(SCc4ccccc4)nn32)cc(Br)c1OCc1c(Cl)cccc1Cl. The summed E-state index contributed by atoms with van der Waals surface area (Å²) in [7, 11) is 0. The van der Waals surface area contributed by atoms with E-state index in [1.54, 1.807) is 22.9 Å². The molecule has 0 amide bonds. The van der Waals surface area contributed by atoms with Crippen molar-refractivity contribution in [2.24, 2.45) is 0 Å². The van der Waals surface area contributed by atoms with Gasteiger partial charge in [-0.2, -0.15) is 4.98 Å². The molecule has 1 aliphatic heterocycles. The van der Waals surface area contributed by atoms with Crippen molar-refractivity contribution in [2.75, 3.05) is 11.9 Å². The Morgan fingerprint density at radius 3 is 2.51 bits per heavy atom. The number of allylic oxidation sites excluding steroid dienone is 1. The van der Waals surface area contributed by atoms with Crippen molar-refractivity contribution in [1.82, 2.24) is 14.8 Å². The Balaban J connectivity index is 1.37. The van der Waals surface area contributed by atoms with E-state index < -0.39 is 6.04 Å². The lowest BCUT2D eigenvalue weighted by molar-refractivity contribution is -0.146. The van der Waals surface area contributed by atoms with Gasteiger partial charge in [0.25, 0.3) is 0 Å². The lowest BCUT2D eigenvalue weighted by Gasteiger charge is -2.30. The van der Waals surface area contributed by atoms with E-state index in [0.717, 1.165) is 37.7 Å². The summed E-state index contributed by atoms with van der Waals surface area (Å²) in [5, 5.41) is 9.85. The number of hydrogen-bond acceptors (Lipinski definition) is 8. The quantitative estimate of drug-likeness (QED) is 0.120. The minimum absolute atomic E-state index is 0.107. The van der Waals surface area contributed by atoms with Crippen molar-refractivity contribution in [3.63, 3.8) is 0 Å². The Bertz CT molecular complexity index is 1760. The molecule has 2 heterocycles. The van der Waals surface area contributed by atoms with E-state index in [-0.39, 0.29) is 18.7 Å². The van der Waals surface area contributed by atoms with Crippen LogP contribution in [0.3, 0.4) is 0 Å². The summed E-state index contributed by atoms with van der Waals surface area (Å²) in [5.41, 5.74) is 3.73. The molecule has 1 unspecified atom stereocenters. The fraction of sp³-hybridized carbons (Fsp3) is 0.343. The highest BCUT2D eigenvalue weighted by atomic mass is 79.9. The Hall–Kier alpha value is -3.18. The highest BCUT2D eigenvalue weighted by molar-refractivity contribution is 9.10. The van der Waals surface area contributed by atoms with Crippen LogP contribution >= 0.6 is 50.9 Å². The van der Waals surface area contributed by atoms with E-state index in [1.165, 1.54) is 17.3 Å². The van der Waals surface area contributed by atoms with Crippen LogP contribution in [0.2, 0.25) is 10.0 Å². The van der Waals surface area contributed by atoms with Crippen LogP contribution in [0.15, 0.2) is 81.6 Å². The third-order valence-electron chi connectivity index (χ3n) is 8.16. The molecule has 1 saturated carbocycles. The number of ether oxygens (including phenoxy) is 3. The second-order valence-electron chi connectivity index (χ2n) is 11.4. The zero-order valence-electron chi connectivity index (χ0n) is 26.1. The standard InChI is InChI=1S/C35H35BrCl2N4O4S/c1-3-44-29-18-23(17-26(36)32(29)45-19-25-27(37)15-10-16-28(25)38)31-30(33(43)46-24-13-8-5-9-14-24)21(2)39-34-40-35(41-42(31)34)47-20-22-11-6-4-7-12-22/h4,6-7,10-12,15-18,24,31H,3,5,8-9,13-14,19-20H2,1-2H3,(H,39,40,41). The predicted octanol–water partition coefficient (Wildman–Crippen LogP) is 9.78. The lowest BCUT2D eigenvalue weighted by Crippen LogP contribution is -2.32. The number of thioether (sulfide) groups is 1. The maximum atomic E-state index is 14.0. The molecule has 1 fully saturated rings. The number of aromatic nitrogens is 3. The molecule has 246 valence electrons. The van der Waals surface area contributed by atoms with Gasteiger partial charge in [0.15, 0.2) is 11.5 Å². The molecular formula is C35H35BrCl2N4O4S. The fourth-order valence-corrected chi connectivity index (χ4v) is 7.71. The van der Waals surface area contributed by atoms with Gasteiger partial charge in [0.05, 0.1) is 16.7 Å². The van der Waals surface area contributed by atoms with E-state index in [9.17, 15) is 4.79 Å². The molecule has 1 aromatic heterocycles. The van der Waals surface area contributed by atoms with Crippen molar-refractivity contribution in [3.8, 4) is 11.5 Å². The molecule has 0 bridgehead atoms. The first kappa shape index (κ1) is 33.7. The van der Waals surface area contributed by atoms with Gasteiger partial charge in [-0.15, -0.1) is 5.10 Å². The van der Waals surface area contributed by atoms with Gasteiger partial charge >= 0.3 is 5.97 Å². The van der Waals surface area contributed by atoms with Crippen LogP contribution in [0.5, 0.6) is 11.5 Å². The first-order valence-electron chi connectivity index (χ1n) is 15.7. The third-order valence-corrected chi connectivity index (χ3v) is 10.4. The number of nitrogens with one attached hydrogen (secondary N) is 1. The van der Waals surface area contributed by atoms with E-state index in [4.69, 9.17) is 47.5 Å². The van der Waals surface area contributed by atoms with Crippen molar-refractivity contribution in [3.05, 3.63) is 103 Å². The predicted molar refractivity (Wildman–Crippen MR) is 190 cm³/mol. The molecule has 47 heavy (non-hydrogen) atoms. The van der Waals surface area contributed by atoms with Gasteiger partial charge in [0.1, 0.15) is 18.8 Å². The van der Waals surface area contributed by atoms with Crippen LogP contribution in [0.1, 0.15) is 68.7 Å². The van der Waals surface area contributed by atoms with Gasteiger partial charge in [0, 0.05) is 27.1 Å². The van der Waals surface area contributed by atoms with Crippen molar-refractivity contribution in [2.45, 2.75) is 75.6 Å². The minimum atomic E-state index is -0.636. The Morgan fingerprint density at radius 2 is 1.79 bits per heavy atom. The van der Waals surface area contributed by atoms with Gasteiger partial charge in [-0.3, -0.25) is 0 Å². The fourth-order valence-electron chi connectivity index (χ4n) is 5.85. The summed E-state index contributed by atoms with van der Waals surface area (Å²) >= 11 is 18.1. The van der Waals surface area contributed by atoms with Gasteiger partial charge in [0.2, 0.25) is 11.1 Å². The van der Waals surface area contributed by atoms with Crippen LogP contribution in [0.4, 0.5) is 5.95 Å². The zero-order chi connectivity index (χ0) is 32.9. The summed E-state index contributed by atoms with van der Waals surface area (Å²) in [6.45, 7) is 4.31. The molecule has 6 rings (SSSR count). The van der Waals surface area contributed by atoms with Crippen molar-refractivity contribution in [1.29, 1.82) is 0 Å². The number of nitrogens with zero attached hydrogens (tertiary/aromatic N) is 3. The summed E-state index contributed by atoms with van der Waals surface area (Å²) in [6, 6.07) is 18.7. The number of anilines is 1. The van der Waals surface area contributed by atoms with Gasteiger partial charge in [-0.1, -0.05) is 77.8 Å². The highest BCUT2D eigenvalue weighted by Gasteiger charge is 2.37.